The molecule has 0 aliphatic rings. The van der Waals surface area contributed by atoms with E-state index in [1.807, 2.05) is 20.0 Å². The van der Waals surface area contributed by atoms with E-state index in [-0.39, 0.29) is 0 Å². The third kappa shape index (κ3) is 2.67. The molecule has 19 heavy (non-hydrogen) atoms. The molecule has 5 heteroatoms. The quantitative estimate of drug-likeness (QED) is 0.908. The van der Waals surface area contributed by atoms with E-state index in [0.717, 1.165) is 44.8 Å². The fraction of sp³-hybridized carbons (Fsp3) is 0.357. The van der Waals surface area contributed by atoms with Crippen LogP contribution in [0.5, 0.6) is 5.75 Å². The first-order valence-electron chi connectivity index (χ1n) is 6.11. The van der Waals surface area contributed by atoms with Crippen molar-refractivity contribution in [3.8, 4) is 17.0 Å². The predicted molar refractivity (Wildman–Crippen MR) is 80.5 cm³/mol. The molecule has 0 saturated carbocycles. The second-order valence-corrected chi connectivity index (χ2v) is 5.32. The average molecular weight is 324 g/mol. The summed E-state index contributed by atoms with van der Waals surface area (Å²) in [5.74, 6) is 0.906. The van der Waals surface area contributed by atoms with Gasteiger partial charge in [0.2, 0.25) is 0 Å². The lowest BCUT2D eigenvalue weighted by Crippen LogP contribution is -2.05. The maximum absolute atomic E-state index is 5.34. The van der Waals surface area contributed by atoms with E-state index in [1.54, 1.807) is 7.11 Å². The molecule has 0 atom stereocenters. The standard InChI is InChI=1S/C14H18BrN3O/c1-8-6-12(19-4)9(2)5-10(8)14-13(15)11(7-16-3)17-18-14/h5-6,16H,7H2,1-4H3,(H,17,18). The van der Waals surface area contributed by atoms with Crippen molar-refractivity contribution in [3.63, 3.8) is 0 Å². The molecule has 0 spiro atoms. The van der Waals surface area contributed by atoms with Crippen LogP contribution in [0.1, 0.15) is 16.8 Å². The molecule has 2 aromatic rings. The summed E-state index contributed by atoms with van der Waals surface area (Å²) in [5, 5.41) is 10.6. The van der Waals surface area contributed by atoms with Crippen LogP contribution in [-0.2, 0) is 6.54 Å². The number of hydrogen-bond donors (Lipinski definition) is 2. The monoisotopic (exact) mass is 323 g/mol. The van der Waals surface area contributed by atoms with E-state index in [2.05, 4.69) is 44.4 Å². The summed E-state index contributed by atoms with van der Waals surface area (Å²) in [5.41, 5.74) is 5.35. The number of nitrogens with zero attached hydrogens (tertiary/aromatic N) is 1. The molecule has 1 aromatic heterocycles. The van der Waals surface area contributed by atoms with Crippen molar-refractivity contribution in [2.45, 2.75) is 20.4 Å². The Labute approximate surface area is 121 Å². The maximum Gasteiger partial charge on any atom is 0.122 e. The van der Waals surface area contributed by atoms with Gasteiger partial charge >= 0.3 is 0 Å². The van der Waals surface area contributed by atoms with E-state index in [1.165, 1.54) is 0 Å². The van der Waals surface area contributed by atoms with Crippen LogP contribution >= 0.6 is 15.9 Å². The number of rotatable bonds is 4. The molecular formula is C14H18BrN3O. The van der Waals surface area contributed by atoms with Gasteiger partial charge in [-0.05, 0) is 60.1 Å². The van der Waals surface area contributed by atoms with Gasteiger partial charge in [0, 0.05) is 12.1 Å². The topological polar surface area (TPSA) is 49.9 Å². The van der Waals surface area contributed by atoms with Crippen LogP contribution in [-0.4, -0.2) is 24.4 Å². The van der Waals surface area contributed by atoms with Gasteiger partial charge in [-0.1, -0.05) is 0 Å². The van der Waals surface area contributed by atoms with Crippen LogP contribution in [0.3, 0.4) is 0 Å². The first kappa shape index (κ1) is 14.1. The molecule has 0 bridgehead atoms. The molecule has 0 amide bonds. The summed E-state index contributed by atoms with van der Waals surface area (Å²) in [6.45, 7) is 4.86. The van der Waals surface area contributed by atoms with Gasteiger partial charge in [-0.3, -0.25) is 5.10 Å². The highest BCUT2D eigenvalue weighted by molar-refractivity contribution is 9.10. The third-order valence-corrected chi connectivity index (χ3v) is 3.98. The summed E-state index contributed by atoms with van der Waals surface area (Å²) in [7, 11) is 3.60. The van der Waals surface area contributed by atoms with E-state index in [4.69, 9.17) is 4.74 Å². The fourth-order valence-electron chi connectivity index (χ4n) is 2.10. The molecule has 0 saturated heterocycles. The van der Waals surface area contributed by atoms with Crippen LogP contribution in [0.4, 0.5) is 0 Å². The molecular weight excluding hydrogens is 306 g/mol. The van der Waals surface area contributed by atoms with Crippen molar-refractivity contribution in [2.75, 3.05) is 14.2 Å². The molecule has 4 nitrogen and oxygen atoms in total. The number of aromatic amines is 1. The lowest BCUT2D eigenvalue weighted by Gasteiger charge is -2.10. The van der Waals surface area contributed by atoms with E-state index >= 15 is 0 Å². The summed E-state index contributed by atoms with van der Waals surface area (Å²) in [6.07, 6.45) is 0. The molecule has 0 radical (unpaired) electrons. The lowest BCUT2D eigenvalue weighted by atomic mass is 10.0. The minimum Gasteiger partial charge on any atom is -0.496 e. The zero-order valence-corrected chi connectivity index (χ0v) is 13.2. The van der Waals surface area contributed by atoms with Crippen molar-refractivity contribution in [1.29, 1.82) is 0 Å². The number of methoxy groups -OCH3 is 1. The molecule has 2 rings (SSSR count). The van der Waals surface area contributed by atoms with Crippen molar-refractivity contribution in [2.24, 2.45) is 0 Å². The number of halogens is 1. The lowest BCUT2D eigenvalue weighted by molar-refractivity contribution is 0.411. The van der Waals surface area contributed by atoms with E-state index in [9.17, 15) is 0 Å². The Morgan fingerprint density at radius 3 is 2.68 bits per heavy atom. The molecule has 102 valence electrons. The molecule has 0 aliphatic carbocycles. The molecule has 0 fully saturated rings. The minimum absolute atomic E-state index is 0.752. The van der Waals surface area contributed by atoms with Gasteiger partial charge in [-0.25, -0.2) is 0 Å². The smallest absolute Gasteiger partial charge is 0.122 e. The fourth-order valence-corrected chi connectivity index (χ4v) is 2.63. The first-order chi connectivity index (χ1) is 9.08. The SMILES string of the molecule is CNCc1[nH]nc(-c2cc(C)c(OC)cc2C)c1Br. The zero-order chi connectivity index (χ0) is 14.0. The second-order valence-electron chi connectivity index (χ2n) is 4.53. The number of H-pyrrole nitrogens is 1. The number of hydrogen-bond acceptors (Lipinski definition) is 3. The van der Waals surface area contributed by atoms with Crippen LogP contribution in [0.25, 0.3) is 11.3 Å². The van der Waals surface area contributed by atoms with Gasteiger partial charge in [-0.15, -0.1) is 0 Å². The number of benzene rings is 1. The Kier molecular flexibility index (Phi) is 4.27. The van der Waals surface area contributed by atoms with Crippen LogP contribution in [0, 0.1) is 13.8 Å². The largest absolute Gasteiger partial charge is 0.496 e. The molecule has 2 N–H and O–H groups in total. The number of ether oxygens (including phenoxy) is 1. The summed E-state index contributed by atoms with van der Waals surface area (Å²) >= 11 is 3.62. The Bertz CT molecular complexity index is 593. The Hall–Kier alpha value is -1.33. The predicted octanol–water partition coefficient (Wildman–Crippen LogP) is 3.18. The average Bonchev–Trinajstić information content (AvgIpc) is 2.74. The number of aromatic nitrogens is 2. The Balaban J connectivity index is 2.50. The first-order valence-corrected chi connectivity index (χ1v) is 6.90. The Morgan fingerprint density at radius 1 is 1.32 bits per heavy atom. The van der Waals surface area contributed by atoms with E-state index in [0.29, 0.717) is 0 Å². The molecule has 1 heterocycles. The highest BCUT2D eigenvalue weighted by Crippen LogP contribution is 2.34. The summed E-state index contributed by atoms with van der Waals surface area (Å²) in [4.78, 5) is 0. The van der Waals surface area contributed by atoms with Crippen molar-refractivity contribution >= 4 is 15.9 Å². The second kappa shape index (κ2) is 5.75. The van der Waals surface area contributed by atoms with Crippen LogP contribution in [0.2, 0.25) is 0 Å². The van der Waals surface area contributed by atoms with Gasteiger partial charge in [0.15, 0.2) is 0 Å². The van der Waals surface area contributed by atoms with Crippen LogP contribution < -0.4 is 10.1 Å². The molecule has 0 unspecified atom stereocenters. The highest BCUT2D eigenvalue weighted by Gasteiger charge is 2.15. The van der Waals surface area contributed by atoms with Crippen molar-refractivity contribution < 1.29 is 4.74 Å². The summed E-state index contributed by atoms with van der Waals surface area (Å²) in [6, 6.07) is 4.15. The van der Waals surface area contributed by atoms with Gasteiger partial charge in [0.05, 0.1) is 17.3 Å². The van der Waals surface area contributed by atoms with Crippen molar-refractivity contribution in [3.05, 3.63) is 33.4 Å². The number of aryl methyl sites for hydroxylation is 2. The van der Waals surface area contributed by atoms with Gasteiger partial charge in [0.1, 0.15) is 11.4 Å². The number of nitrogens with one attached hydrogen (secondary N) is 2. The van der Waals surface area contributed by atoms with Gasteiger partial charge < -0.3 is 10.1 Å². The molecule has 0 aliphatic heterocycles. The summed E-state index contributed by atoms with van der Waals surface area (Å²) < 4.78 is 6.35. The zero-order valence-electron chi connectivity index (χ0n) is 11.6. The molecule has 1 aromatic carbocycles. The minimum atomic E-state index is 0.752. The Morgan fingerprint density at radius 2 is 2.05 bits per heavy atom. The third-order valence-electron chi connectivity index (χ3n) is 3.13. The highest BCUT2D eigenvalue weighted by atomic mass is 79.9. The van der Waals surface area contributed by atoms with Gasteiger partial charge in [0.25, 0.3) is 0 Å². The van der Waals surface area contributed by atoms with E-state index < -0.39 is 0 Å². The normalized spacial score (nSPS) is 10.8. The van der Waals surface area contributed by atoms with Crippen LogP contribution in [0.15, 0.2) is 16.6 Å². The van der Waals surface area contributed by atoms with Gasteiger partial charge in [-0.2, -0.15) is 5.10 Å². The maximum atomic E-state index is 5.34. The van der Waals surface area contributed by atoms with Crippen molar-refractivity contribution in [1.82, 2.24) is 15.5 Å².